The molecule has 0 amide bonds. The highest BCUT2D eigenvalue weighted by Gasteiger charge is 2.50. The number of nitrogens with zero attached hydrogens (tertiary/aromatic N) is 2. The van der Waals surface area contributed by atoms with Crippen molar-refractivity contribution in [2.24, 2.45) is 11.1 Å². The van der Waals surface area contributed by atoms with Crippen LogP contribution in [-0.2, 0) is 5.54 Å². The highest BCUT2D eigenvalue weighted by molar-refractivity contribution is 5.16. The van der Waals surface area contributed by atoms with Gasteiger partial charge in [0.25, 0.3) is 0 Å². The van der Waals surface area contributed by atoms with E-state index in [-0.39, 0.29) is 5.54 Å². The molecule has 1 heterocycles. The van der Waals surface area contributed by atoms with Gasteiger partial charge in [-0.3, -0.25) is 0 Å². The smallest absolute Gasteiger partial charge is 0.246 e. The summed E-state index contributed by atoms with van der Waals surface area (Å²) in [5, 5.41) is 4.16. The molecule has 0 aliphatic heterocycles. The molecular weight excluding hydrogens is 226 g/mol. The molecule has 2 aliphatic carbocycles. The van der Waals surface area contributed by atoms with Crippen molar-refractivity contribution in [3.63, 3.8) is 0 Å². The molecular formula is C14H23N3O. The zero-order valence-electron chi connectivity index (χ0n) is 11.4. The Morgan fingerprint density at radius 3 is 2.33 bits per heavy atom. The lowest BCUT2D eigenvalue weighted by Crippen LogP contribution is -2.36. The van der Waals surface area contributed by atoms with Gasteiger partial charge in [-0.05, 0) is 24.7 Å². The molecule has 2 aliphatic rings. The third kappa shape index (κ3) is 2.07. The lowest BCUT2D eigenvalue weighted by atomic mass is 9.91. The zero-order chi connectivity index (χ0) is 12.8. The number of rotatable bonds is 2. The molecule has 1 atom stereocenters. The first-order chi connectivity index (χ1) is 8.51. The van der Waals surface area contributed by atoms with Crippen molar-refractivity contribution in [3.05, 3.63) is 11.7 Å². The average molecular weight is 249 g/mol. The maximum atomic E-state index is 6.49. The Hall–Kier alpha value is -0.900. The van der Waals surface area contributed by atoms with E-state index in [0.29, 0.717) is 17.2 Å². The van der Waals surface area contributed by atoms with Crippen LogP contribution in [0, 0.1) is 5.41 Å². The van der Waals surface area contributed by atoms with Crippen molar-refractivity contribution < 1.29 is 4.52 Å². The summed E-state index contributed by atoms with van der Waals surface area (Å²) in [6.45, 7) is 4.50. The van der Waals surface area contributed by atoms with Crippen LogP contribution in [0.1, 0.15) is 76.4 Å². The fourth-order valence-electron chi connectivity index (χ4n) is 3.06. The van der Waals surface area contributed by atoms with Crippen LogP contribution in [0.3, 0.4) is 0 Å². The zero-order valence-corrected chi connectivity index (χ0v) is 11.4. The fraction of sp³-hybridized carbons (Fsp3) is 0.857. The van der Waals surface area contributed by atoms with Crippen molar-refractivity contribution in [1.29, 1.82) is 0 Å². The summed E-state index contributed by atoms with van der Waals surface area (Å²) >= 11 is 0. The first kappa shape index (κ1) is 12.2. The average Bonchev–Trinajstić information content (AvgIpc) is 2.79. The molecule has 2 saturated carbocycles. The number of nitrogens with two attached hydrogens (primary N) is 1. The molecule has 2 fully saturated rings. The summed E-state index contributed by atoms with van der Waals surface area (Å²) in [7, 11) is 0. The molecule has 1 aromatic heterocycles. The van der Waals surface area contributed by atoms with E-state index >= 15 is 0 Å². The Morgan fingerprint density at radius 1 is 1.17 bits per heavy atom. The minimum Gasteiger partial charge on any atom is -0.337 e. The Kier molecular flexibility index (Phi) is 2.73. The van der Waals surface area contributed by atoms with E-state index in [9.17, 15) is 0 Å². The number of aromatic nitrogens is 2. The molecule has 4 nitrogen and oxygen atoms in total. The van der Waals surface area contributed by atoms with E-state index in [1.54, 1.807) is 0 Å². The van der Waals surface area contributed by atoms with Crippen molar-refractivity contribution in [1.82, 2.24) is 10.1 Å². The molecule has 3 rings (SSSR count). The van der Waals surface area contributed by atoms with E-state index < -0.39 is 0 Å². The second-order valence-electron chi connectivity index (χ2n) is 6.77. The normalized spacial score (nSPS) is 29.8. The summed E-state index contributed by atoms with van der Waals surface area (Å²) in [6.07, 6.45) is 7.99. The van der Waals surface area contributed by atoms with Crippen LogP contribution in [0.15, 0.2) is 4.52 Å². The lowest BCUT2D eigenvalue weighted by molar-refractivity contribution is 0.256. The molecule has 18 heavy (non-hydrogen) atoms. The highest BCUT2D eigenvalue weighted by Crippen LogP contribution is 2.57. The van der Waals surface area contributed by atoms with E-state index in [2.05, 4.69) is 24.0 Å². The van der Waals surface area contributed by atoms with Gasteiger partial charge in [0.1, 0.15) is 0 Å². The standard InChI is InChI=1S/C14H23N3O/c1-13(2)9-10(13)11-16-12(18-17-11)14(15)7-5-3-4-6-8-14/h10H,3-9,15H2,1-2H3. The minimum atomic E-state index is -0.374. The predicted molar refractivity (Wildman–Crippen MR) is 69.0 cm³/mol. The summed E-state index contributed by atoms with van der Waals surface area (Å²) < 4.78 is 5.47. The third-order valence-corrected chi connectivity index (χ3v) is 4.69. The summed E-state index contributed by atoms with van der Waals surface area (Å²) in [4.78, 5) is 4.60. The summed E-state index contributed by atoms with van der Waals surface area (Å²) in [6, 6.07) is 0. The predicted octanol–water partition coefficient (Wildman–Crippen LogP) is 3.09. The molecule has 0 spiro atoms. The molecule has 4 heteroatoms. The maximum Gasteiger partial charge on any atom is 0.246 e. The Bertz CT molecular complexity index is 430. The van der Waals surface area contributed by atoms with Gasteiger partial charge in [0.2, 0.25) is 5.89 Å². The topological polar surface area (TPSA) is 64.9 Å². The SMILES string of the molecule is CC1(C)CC1c1noc(C2(N)CCCCCC2)n1. The second kappa shape index (κ2) is 4.05. The molecule has 0 aromatic carbocycles. The van der Waals surface area contributed by atoms with Gasteiger partial charge >= 0.3 is 0 Å². The van der Waals surface area contributed by atoms with Crippen LogP contribution in [-0.4, -0.2) is 10.1 Å². The Morgan fingerprint density at radius 2 is 1.78 bits per heavy atom. The lowest BCUT2D eigenvalue weighted by Gasteiger charge is -2.22. The molecule has 1 unspecified atom stereocenters. The number of hydrogen-bond acceptors (Lipinski definition) is 4. The van der Waals surface area contributed by atoms with Gasteiger partial charge < -0.3 is 10.3 Å². The van der Waals surface area contributed by atoms with Crippen LogP contribution >= 0.6 is 0 Å². The summed E-state index contributed by atoms with van der Waals surface area (Å²) in [5.41, 5.74) is 6.45. The number of hydrogen-bond donors (Lipinski definition) is 1. The highest BCUT2D eigenvalue weighted by atomic mass is 16.5. The van der Waals surface area contributed by atoms with Gasteiger partial charge in [-0.25, -0.2) is 0 Å². The molecule has 0 bridgehead atoms. The monoisotopic (exact) mass is 249 g/mol. The quantitative estimate of drug-likeness (QED) is 0.818. The van der Waals surface area contributed by atoms with Crippen molar-refractivity contribution in [2.75, 3.05) is 0 Å². The van der Waals surface area contributed by atoms with Crippen molar-refractivity contribution in [3.8, 4) is 0 Å². The molecule has 0 saturated heterocycles. The summed E-state index contributed by atoms with van der Waals surface area (Å²) in [5.74, 6) is 2.00. The van der Waals surface area contributed by atoms with E-state index in [0.717, 1.165) is 25.1 Å². The van der Waals surface area contributed by atoms with Gasteiger partial charge in [0, 0.05) is 5.92 Å². The van der Waals surface area contributed by atoms with Gasteiger partial charge in [0.05, 0.1) is 5.54 Å². The van der Waals surface area contributed by atoms with Crippen LogP contribution in [0.2, 0.25) is 0 Å². The second-order valence-corrected chi connectivity index (χ2v) is 6.77. The van der Waals surface area contributed by atoms with Crippen LogP contribution in [0.5, 0.6) is 0 Å². The van der Waals surface area contributed by atoms with Gasteiger partial charge in [0.15, 0.2) is 5.82 Å². The van der Waals surface area contributed by atoms with Crippen molar-refractivity contribution in [2.45, 2.75) is 70.3 Å². The van der Waals surface area contributed by atoms with Gasteiger partial charge in [-0.15, -0.1) is 0 Å². The van der Waals surface area contributed by atoms with E-state index in [1.165, 1.54) is 25.7 Å². The van der Waals surface area contributed by atoms with Crippen molar-refractivity contribution >= 4 is 0 Å². The van der Waals surface area contributed by atoms with Crippen LogP contribution < -0.4 is 5.73 Å². The maximum absolute atomic E-state index is 6.49. The fourth-order valence-corrected chi connectivity index (χ4v) is 3.06. The molecule has 0 radical (unpaired) electrons. The minimum absolute atomic E-state index is 0.340. The Labute approximate surface area is 108 Å². The first-order valence-corrected chi connectivity index (χ1v) is 7.14. The van der Waals surface area contributed by atoms with E-state index in [1.807, 2.05) is 0 Å². The molecule has 100 valence electrons. The van der Waals surface area contributed by atoms with Crippen LogP contribution in [0.25, 0.3) is 0 Å². The van der Waals surface area contributed by atoms with Gasteiger partial charge in [-0.2, -0.15) is 4.98 Å². The Balaban J connectivity index is 1.79. The first-order valence-electron chi connectivity index (χ1n) is 7.14. The van der Waals surface area contributed by atoms with E-state index in [4.69, 9.17) is 10.3 Å². The van der Waals surface area contributed by atoms with Gasteiger partial charge in [-0.1, -0.05) is 44.7 Å². The largest absolute Gasteiger partial charge is 0.337 e. The molecule has 1 aromatic rings. The van der Waals surface area contributed by atoms with Crippen LogP contribution in [0.4, 0.5) is 0 Å². The molecule has 2 N–H and O–H groups in total. The third-order valence-electron chi connectivity index (χ3n) is 4.69.